The predicted octanol–water partition coefficient (Wildman–Crippen LogP) is -0.0908. The highest BCUT2D eigenvalue weighted by Crippen LogP contribution is 1.99. The van der Waals surface area contributed by atoms with Crippen LogP contribution in [0.2, 0.25) is 0 Å². The van der Waals surface area contributed by atoms with Gasteiger partial charge in [-0.3, -0.25) is 4.58 Å². The first kappa shape index (κ1) is 7.25. The summed E-state index contributed by atoms with van der Waals surface area (Å²) in [6.45, 7) is 5.38. The van der Waals surface area contributed by atoms with E-state index in [1.54, 1.807) is 11.8 Å². The first-order chi connectivity index (χ1) is 4.63. The van der Waals surface area contributed by atoms with Gasteiger partial charge in [-0.25, -0.2) is 4.79 Å². The molecule has 0 unspecified atom stereocenters. The van der Waals surface area contributed by atoms with Crippen LogP contribution in [0.15, 0.2) is 0 Å². The second-order valence-electron chi connectivity index (χ2n) is 2.64. The highest BCUT2D eigenvalue weighted by Gasteiger charge is 2.27. The molecule has 0 fully saturated rings. The Hall–Kier alpha value is -0.860. The second-order valence-corrected chi connectivity index (χ2v) is 2.64. The van der Waals surface area contributed by atoms with E-state index in [9.17, 15) is 4.79 Å². The predicted molar refractivity (Wildman–Crippen MR) is 39.1 cm³/mol. The molecule has 1 heterocycles. The molecule has 0 atom stereocenters. The SMILES string of the molecule is CC(=O)N1CC[N+](C)=C1C. The lowest BCUT2D eigenvalue weighted by molar-refractivity contribution is -0.486. The number of rotatable bonds is 0. The highest BCUT2D eigenvalue weighted by atomic mass is 16.2. The van der Waals surface area contributed by atoms with Gasteiger partial charge in [-0.2, -0.15) is 4.90 Å². The molecule has 1 aliphatic heterocycles. The molecular weight excluding hydrogens is 128 g/mol. The number of amides is 1. The highest BCUT2D eigenvalue weighted by molar-refractivity contribution is 5.94. The van der Waals surface area contributed by atoms with E-state index in [1.807, 2.05) is 14.0 Å². The third-order valence-corrected chi connectivity index (χ3v) is 1.98. The number of carbonyl (C=O) groups excluding carboxylic acids is 1. The molecule has 0 spiro atoms. The van der Waals surface area contributed by atoms with Crippen LogP contribution in [0.5, 0.6) is 0 Å². The Morgan fingerprint density at radius 2 is 2.30 bits per heavy atom. The first-order valence-electron chi connectivity index (χ1n) is 3.45. The molecule has 0 saturated heterocycles. The van der Waals surface area contributed by atoms with Gasteiger partial charge in [0.05, 0.1) is 7.05 Å². The van der Waals surface area contributed by atoms with Crippen molar-refractivity contribution < 1.29 is 9.37 Å². The van der Waals surface area contributed by atoms with Crippen LogP contribution in [0.25, 0.3) is 0 Å². The normalized spacial score (nSPS) is 18.5. The summed E-state index contributed by atoms with van der Waals surface area (Å²) >= 11 is 0. The fraction of sp³-hybridized carbons (Fsp3) is 0.714. The molecule has 0 radical (unpaired) electrons. The van der Waals surface area contributed by atoms with Crippen molar-refractivity contribution in [2.45, 2.75) is 13.8 Å². The molecule has 0 saturated carbocycles. The van der Waals surface area contributed by atoms with Crippen LogP contribution >= 0.6 is 0 Å². The minimum absolute atomic E-state index is 0.141. The Kier molecular flexibility index (Phi) is 1.74. The molecule has 56 valence electrons. The van der Waals surface area contributed by atoms with Crippen molar-refractivity contribution >= 4 is 11.7 Å². The summed E-state index contributed by atoms with van der Waals surface area (Å²) in [6.07, 6.45) is 0. The monoisotopic (exact) mass is 141 g/mol. The summed E-state index contributed by atoms with van der Waals surface area (Å²) in [5.74, 6) is 1.20. The van der Waals surface area contributed by atoms with Gasteiger partial charge in [0.15, 0.2) is 0 Å². The standard InChI is InChI=1S/C7H13N2O/c1-6-8(3)4-5-9(6)7(2)10/h4-5H2,1-3H3/q+1. The third-order valence-electron chi connectivity index (χ3n) is 1.98. The minimum Gasteiger partial charge on any atom is -0.264 e. The number of nitrogens with zero attached hydrogens (tertiary/aromatic N) is 2. The van der Waals surface area contributed by atoms with Crippen molar-refractivity contribution in [2.75, 3.05) is 20.1 Å². The van der Waals surface area contributed by atoms with Gasteiger partial charge in [-0.1, -0.05) is 0 Å². The van der Waals surface area contributed by atoms with E-state index in [2.05, 4.69) is 4.58 Å². The molecule has 0 aliphatic carbocycles. The molecule has 10 heavy (non-hydrogen) atoms. The van der Waals surface area contributed by atoms with Crippen molar-refractivity contribution in [1.29, 1.82) is 0 Å². The van der Waals surface area contributed by atoms with Crippen LogP contribution in [-0.4, -0.2) is 41.4 Å². The summed E-state index contributed by atoms with van der Waals surface area (Å²) in [7, 11) is 2.00. The van der Waals surface area contributed by atoms with Gasteiger partial charge in [0.1, 0.15) is 13.1 Å². The van der Waals surface area contributed by atoms with Gasteiger partial charge in [-0.15, -0.1) is 0 Å². The maximum atomic E-state index is 10.9. The Morgan fingerprint density at radius 1 is 1.70 bits per heavy atom. The van der Waals surface area contributed by atoms with Crippen molar-refractivity contribution in [3.05, 3.63) is 0 Å². The zero-order valence-electron chi connectivity index (χ0n) is 6.72. The molecular formula is C7H13N2O+. The van der Waals surface area contributed by atoms with E-state index in [0.29, 0.717) is 0 Å². The Balaban J connectivity index is 2.77. The third kappa shape index (κ3) is 1.03. The maximum absolute atomic E-state index is 10.9. The number of likely N-dealkylation sites (N-methyl/N-ethyl adjacent to an activating group) is 1. The minimum atomic E-state index is 0.141. The van der Waals surface area contributed by atoms with E-state index in [-0.39, 0.29) is 5.91 Å². The summed E-state index contributed by atoms with van der Waals surface area (Å²) in [4.78, 5) is 12.7. The largest absolute Gasteiger partial charge is 0.306 e. The van der Waals surface area contributed by atoms with Gasteiger partial charge in [0.2, 0.25) is 0 Å². The van der Waals surface area contributed by atoms with Gasteiger partial charge in [0, 0.05) is 13.8 Å². The Labute approximate surface area is 60.9 Å². The van der Waals surface area contributed by atoms with Gasteiger partial charge >= 0.3 is 5.91 Å². The first-order valence-corrected chi connectivity index (χ1v) is 3.45. The van der Waals surface area contributed by atoms with Crippen molar-refractivity contribution in [1.82, 2.24) is 4.90 Å². The number of hydrogen-bond acceptors (Lipinski definition) is 1. The average Bonchev–Trinajstić information content (AvgIpc) is 2.14. The lowest BCUT2D eigenvalue weighted by atomic mass is 10.5. The molecule has 3 heteroatoms. The molecule has 1 rings (SSSR count). The number of carbonyl (C=O) groups is 1. The van der Waals surface area contributed by atoms with Gasteiger partial charge in [0.25, 0.3) is 5.84 Å². The van der Waals surface area contributed by atoms with E-state index >= 15 is 0 Å². The Bertz CT molecular complexity index is 196. The average molecular weight is 141 g/mol. The molecule has 0 aromatic heterocycles. The van der Waals surface area contributed by atoms with E-state index < -0.39 is 0 Å². The van der Waals surface area contributed by atoms with Gasteiger partial charge < -0.3 is 0 Å². The van der Waals surface area contributed by atoms with Crippen molar-refractivity contribution in [2.24, 2.45) is 0 Å². The van der Waals surface area contributed by atoms with Crippen LogP contribution in [0.4, 0.5) is 0 Å². The van der Waals surface area contributed by atoms with Crippen LogP contribution in [0.1, 0.15) is 13.8 Å². The van der Waals surface area contributed by atoms with Crippen molar-refractivity contribution in [3.8, 4) is 0 Å². The molecule has 0 bridgehead atoms. The molecule has 0 aromatic carbocycles. The topological polar surface area (TPSA) is 23.3 Å². The van der Waals surface area contributed by atoms with Crippen molar-refractivity contribution in [3.63, 3.8) is 0 Å². The fourth-order valence-corrected chi connectivity index (χ4v) is 1.16. The van der Waals surface area contributed by atoms with Crippen LogP contribution in [0, 0.1) is 0 Å². The lowest BCUT2D eigenvalue weighted by Gasteiger charge is -2.02. The molecule has 1 amide bonds. The summed E-state index contributed by atoms with van der Waals surface area (Å²) in [5.41, 5.74) is 0. The second kappa shape index (κ2) is 2.40. The van der Waals surface area contributed by atoms with Gasteiger partial charge in [-0.05, 0) is 0 Å². The van der Waals surface area contributed by atoms with E-state index in [0.717, 1.165) is 18.9 Å². The smallest absolute Gasteiger partial charge is 0.264 e. The van der Waals surface area contributed by atoms with Crippen LogP contribution < -0.4 is 0 Å². The summed E-state index contributed by atoms with van der Waals surface area (Å²) in [5, 5.41) is 0. The fourth-order valence-electron chi connectivity index (χ4n) is 1.16. The molecule has 1 aliphatic rings. The van der Waals surface area contributed by atoms with Crippen LogP contribution in [0.3, 0.4) is 0 Å². The quantitative estimate of drug-likeness (QED) is 0.432. The number of hydrogen-bond donors (Lipinski definition) is 0. The molecule has 0 N–H and O–H groups in total. The van der Waals surface area contributed by atoms with Crippen LogP contribution in [-0.2, 0) is 4.79 Å². The summed E-state index contributed by atoms with van der Waals surface area (Å²) in [6, 6.07) is 0. The Morgan fingerprint density at radius 3 is 2.50 bits per heavy atom. The maximum Gasteiger partial charge on any atom is 0.306 e. The number of amidine groups is 1. The zero-order chi connectivity index (χ0) is 7.72. The molecule has 3 nitrogen and oxygen atoms in total. The van der Waals surface area contributed by atoms with E-state index in [1.165, 1.54) is 0 Å². The molecule has 0 aromatic rings. The lowest BCUT2D eigenvalue weighted by Crippen LogP contribution is -2.31. The summed E-state index contributed by atoms with van der Waals surface area (Å²) < 4.78 is 2.08. The zero-order valence-corrected chi connectivity index (χ0v) is 6.72. The van der Waals surface area contributed by atoms with E-state index in [4.69, 9.17) is 0 Å².